The zero-order valence-electron chi connectivity index (χ0n) is 9.49. The van der Waals surface area contributed by atoms with Gasteiger partial charge >= 0.3 is 0 Å². The summed E-state index contributed by atoms with van der Waals surface area (Å²) in [7, 11) is 0. The van der Waals surface area contributed by atoms with Crippen molar-refractivity contribution >= 4 is 11.9 Å². The summed E-state index contributed by atoms with van der Waals surface area (Å²) in [5.41, 5.74) is 4.95. The molecule has 1 atom stereocenters. The standard InChI is InChI=1S/C13H16N2/c1-4-11-8-14-15-13(11)12-6-5-9(2)7-10(12)3/h5-8,11H,4H2,1-3H3. The Kier molecular flexibility index (Phi) is 2.67. The molecule has 1 aromatic carbocycles. The summed E-state index contributed by atoms with van der Waals surface area (Å²) in [5.74, 6) is 0.395. The van der Waals surface area contributed by atoms with Crippen molar-refractivity contribution in [1.82, 2.24) is 0 Å². The van der Waals surface area contributed by atoms with E-state index in [0.29, 0.717) is 5.92 Å². The lowest BCUT2D eigenvalue weighted by Crippen LogP contribution is -2.14. The van der Waals surface area contributed by atoms with Gasteiger partial charge in [-0.05, 0) is 25.8 Å². The summed E-state index contributed by atoms with van der Waals surface area (Å²) in [6.45, 7) is 6.41. The lowest BCUT2D eigenvalue weighted by molar-refractivity contribution is 0.885. The second-order valence-corrected chi connectivity index (χ2v) is 4.08. The van der Waals surface area contributed by atoms with Gasteiger partial charge in [0, 0.05) is 17.7 Å². The minimum atomic E-state index is 0.395. The molecular weight excluding hydrogens is 184 g/mol. The van der Waals surface area contributed by atoms with Crippen molar-refractivity contribution in [3.8, 4) is 0 Å². The van der Waals surface area contributed by atoms with E-state index in [1.165, 1.54) is 16.7 Å². The molecule has 15 heavy (non-hydrogen) atoms. The molecule has 0 N–H and O–H groups in total. The van der Waals surface area contributed by atoms with Gasteiger partial charge in [-0.25, -0.2) is 0 Å². The number of hydrogen-bond donors (Lipinski definition) is 0. The summed E-state index contributed by atoms with van der Waals surface area (Å²) >= 11 is 0. The smallest absolute Gasteiger partial charge is 0.0789 e. The minimum absolute atomic E-state index is 0.395. The van der Waals surface area contributed by atoms with Crippen molar-refractivity contribution in [3.05, 3.63) is 34.9 Å². The quantitative estimate of drug-likeness (QED) is 0.700. The fourth-order valence-electron chi connectivity index (χ4n) is 1.97. The monoisotopic (exact) mass is 200 g/mol. The third-order valence-electron chi connectivity index (χ3n) is 2.86. The van der Waals surface area contributed by atoms with E-state index >= 15 is 0 Å². The van der Waals surface area contributed by atoms with E-state index in [1.807, 2.05) is 6.21 Å². The van der Waals surface area contributed by atoms with Crippen LogP contribution in [0.25, 0.3) is 0 Å². The molecule has 1 aliphatic heterocycles. The summed E-state index contributed by atoms with van der Waals surface area (Å²) in [5, 5.41) is 8.25. The third kappa shape index (κ3) is 1.84. The zero-order chi connectivity index (χ0) is 10.8. The molecule has 0 saturated carbocycles. The molecule has 1 aliphatic rings. The second kappa shape index (κ2) is 3.97. The molecule has 0 bridgehead atoms. The van der Waals surface area contributed by atoms with Gasteiger partial charge in [-0.1, -0.05) is 30.7 Å². The molecule has 0 aliphatic carbocycles. The van der Waals surface area contributed by atoms with Crippen LogP contribution in [0.3, 0.4) is 0 Å². The minimum Gasteiger partial charge on any atom is -0.163 e. The van der Waals surface area contributed by atoms with E-state index in [0.717, 1.165) is 12.1 Å². The predicted molar refractivity (Wildman–Crippen MR) is 64.7 cm³/mol. The average molecular weight is 200 g/mol. The predicted octanol–water partition coefficient (Wildman–Crippen LogP) is 3.12. The summed E-state index contributed by atoms with van der Waals surface area (Å²) in [6.07, 6.45) is 3.00. The van der Waals surface area contributed by atoms with Gasteiger partial charge in [0.25, 0.3) is 0 Å². The van der Waals surface area contributed by atoms with Gasteiger partial charge in [0.05, 0.1) is 5.71 Å². The fourth-order valence-corrected chi connectivity index (χ4v) is 1.97. The molecule has 0 fully saturated rings. The van der Waals surface area contributed by atoms with Gasteiger partial charge in [0.2, 0.25) is 0 Å². The first-order valence-electron chi connectivity index (χ1n) is 5.41. The fraction of sp³-hybridized carbons (Fsp3) is 0.385. The Balaban J connectivity index is 2.39. The highest BCUT2D eigenvalue weighted by atomic mass is 15.2. The first kappa shape index (κ1) is 10.1. The molecule has 2 rings (SSSR count). The first-order chi connectivity index (χ1) is 7.22. The van der Waals surface area contributed by atoms with Crippen LogP contribution in [-0.2, 0) is 0 Å². The Bertz CT molecular complexity index is 430. The van der Waals surface area contributed by atoms with Crippen LogP contribution in [0.4, 0.5) is 0 Å². The first-order valence-corrected chi connectivity index (χ1v) is 5.41. The van der Waals surface area contributed by atoms with Crippen LogP contribution in [0.5, 0.6) is 0 Å². The molecule has 2 nitrogen and oxygen atoms in total. The van der Waals surface area contributed by atoms with Crippen molar-refractivity contribution in [3.63, 3.8) is 0 Å². The number of rotatable bonds is 2. The average Bonchev–Trinajstić information content (AvgIpc) is 2.65. The molecule has 0 amide bonds. The lowest BCUT2D eigenvalue weighted by Gasteiger charge is -2.11. The molecule has 0 radical (unpaired) electrons. The van der Waals surface area contributed by atoms with E-state index < -0.39 is 0 Å². The maximum absolute atomic E-state index is 4.23. The van der Waals surface area contributed by atoms with Crippen LogP contribution in [0, 0.1) is 19.8 Å². The van der Waals surface area contributed by atoms with Crippen LogP contribution >= 0.6 is 0 Å². The molecule has 78 valence electrons. The maximum atomic E-state index is 4.23. The maximum Gasteiger partial charge on any atom is 0.0789 e. The van der Waals surface area contributed by atoms with E-state index in [9.17, 15) is 0 Å². The van der Waals surface area contributed by atoms with Crippen LogP contribution in [0.15, 0.2) is 28.4 Å². The largest absolute Gasteiger partial charge is 0.163 e. The number of hydrogen-bond acceptors (Lipinski definition) is 2. The van der Waals surface area contributed by atoms with Crippen molar-refractivity contribution < 1.29 is 0 Å². The summed E-state index contributed by atoms with van der Waals surface area (Å²) in [4.78, 5) is 0. The van der Waals surface area contributed by atoms with Crippen LogP contribution in [0.1, 0.15) is 30.0 Å². The van der Waals surface area contributed by atoms with Crippen molar-refractivity contribution in [1.29, 1.82) is 0 Å². The van der Waals surface area contributed by atoms with Crippen molar-refractivity contribution in [2.24, 2.45) is 16.1 Å². The lowest BCUT2D eigenvalue weighted by atomic mass is 9.92. The molecule has 1 heterocycles. The Morgan fingerprint density at radius 3 is 2.73 bits per heavy atom. The third-order valence-corrected chi connectivity index (χ3v) is 2.86. The SMILES string of the molecule is CCC1C=NN=C1c1ccc(C)cc1C. The second-order valence-electron chi connectivity index (χ2n) is 4.08. The number of benzene rings is 1. The highest BCUT2D eigenvalue weighted by Crippen LogP contribution is 2.20. The van der Waals surface area contributed by atoms with Gasteiger partial charge in [-0.2, -0.15) is 10.2 Å². The molecule has 0 spiro atoms. The highest BCUT2D eigenvalue weighted by Gasteiger charge is 2.19. The van der Waals surface area contributed by atoms with Gasteiger partial charge in [0.15, 0.2) is 0 Å². The van der Waals surface area contributed by atoms with Crippen LogP contribution in [-0.4, -0.2) is 11.9 Å². The molecular formula is C13H16N2. The van der Waals surface area contributed by atoms with E-state index in [4.69, 9.17) is 0 Å². The molecule has 0 aromatic heterocycles. The molecule has 1 aromatic rings. The van der Waals surface area contributed by atoms with Crippen molar-refractivity contribution in [2.75, 3.05) is 0 Å². The Morgan fingerprint density at radius 2 is 2.07 bits per heavy atom. The van der Waals surface area contributed by atoms with Crippen LogP contribution in [0.2, 0.25) is 0 Å². The summed E-state index contributed by atoms with van der Waals surface area (Å²) in [6, 6.07) is 6.49. The Morgan fingerprint density at radius 1 is 1.27 bits per heavy atom. The topological polar surface area (TPSA) is 24.7 Å². The van der Waals surface area contributed by atoms with Crippen LogP contribution < -0.4 is 0 Å². The molecule has 1 unspecified atom stereocenters. The van der Waals surface area contributed by atoms with Gasteiger partial charge < -0.3 is 0 Å². The van der Waals surface area contributed by atoms with E-state index in [2.05, 4.69) is 49.2 Å². The summed E-state index contributed by atoms with van der Waals surface area (Å²) < 4.78 is 0. The zero-order valence-corrected chi connectivity index (χ0v) is 9.49. The van der Waals surface area contributed by atoms with Crippen molar-refractivity contribution in [2.45, 2.75) is 27.2 Å². The van der Waals surface area contributed by atoms with Gasteiger partial charge in [0.1, 0.15) is 0 Å². The number of nitrogens with zero attached hydrogens (tertiary/aromatic N) is 2. The molecule has 0 saturated heterocycles. The normalized spacial score (nSPS) is 19.4. The Hall–Kier alpha value is -1.44. The van der Waals surface area contributed by atoms with E-state index in [1.54, 1.807) is 0 Å². The van der Waals surface area contributed by atoms with Gasteiger partial charge in [-0.15, -0.1) is 0 Å². The van der Waals surface area contributed by atoms with Gasteiger partial charge in [-0.3, -0.25) is 0 Å². The van der Waals surface area contributed by atoms with E-state index in [-0.39, 0.29) is 0 Å². The number of aryl methyl sites for hydroxylation is 2. The molecule has 2 heteroatoms. The highest BCUT2D eigenvalue weighted by molar-refractivity contribution is 6.12. The Labute approximate surface area is 90.7 Å².